The van der Waals surface area contributed by atoms with Crippen molar-refractivity contribution in [2.24, 2.45) is 4.99 Å². The minimum atomic E-state index is 0.307. The van der Waals surface area contributed by atoms with E-state index in [9.17, 15) is 0 Å². The summed E-state index contributed by atoms with van der Waals surface area (Å²) in [5, 5.41) is 6.49. The Hall–Kier alpha value is -1.27. The van der Waals surface area contributed by atoms with Crippen molar-refractivity contribution in [1.82, 2.24) is 10.6 Å². The van der Waals surface area contributed by atoms with E-state index in [-0.39, 0.29) is 0 Å². The molecule has 116 valence electrons. The Balaban J connectivity index is 1.61. The highest BCUT2D eigenvalue weighted by Gasteiger charge is 2.15. The smallest absolute Gasteiger partial charge is 0.191 e. The van der Waals surface area contributed by atoms with Gasteiger partial charge in [-0.15, -0.1) is 0 Å². The molecule has 1 aliphatic rings. The van der Waals surface area contributed by atoms with Crippen molar-refractivity contribution in [3.8, 4) is 5.75 Å². The van der Waals surface area contributed by atoms with Gasteiger partial charge in [-0.25, -0.2) is 0 Å². The summed E-state index contributed by atoms with van der Waals surface area (Å²) < 4.78 is 12.2. The van der Waals surface area contributed by atoms with E-state index >= 15 is 0 Å². The first-order valence-corrected chi connectivity index (χ1v) is 8.01. The lowest BCUT2D eigenvalue weighted by molar-refractivity contribution is 0.114. The highest BCUT2D eigenvalue weighted by Crippen LogP contribution is 2.17. The first-order chi connectivity index (χ1) is 10.3. The maximum Gasteiger partial charge on any atom is 0.191 e. The highest BCUT2D eigenvalue weighted by atomic mass is 79.9. The van der Waals surface area contributed by atoms with Gasteiger partial charge >= 0.3 is 0 Å². The lowest BCUT2D eigenvalue weighted by atomic mass is 10.2. The molecule has 0 spiro atoms. The minimum absolute atomic E-state index is 0.307. The van der Waals surface area contributed by atoms with Gasteiger partial charge in [-0.05, 0) is 31.0 Å². The second-order valence-electron chi connectivity index (χ2n) is 4.82. The third kappa shape index (κ3) is 5.93. The van der Waals surface area contributed by atoms with E-state index in [0.717, 1.165) is 42.2 Å². The molecule has 1 aliphatic heterocycles. The number of ether oxygens (including phenoxy) is 2. The summed E-state index contributed by atoms with van der Waals surface area (Å²) >= 11 is 3.42. The van der Waals surface area contributed by atoms with Crippen LogP contribution >= 0.6 is 15.9 Å². The largest absolute Gasteiger partial charge is 0.492 e. The molecule has 21 heavy (non-hydrogen) atoms. The molecule has 0 radical (unpaired) electrons. The van der Waals surface area contributed by atoms with Crippen LogP contribution in [0, 0.1) is 0 Å². The van der Waals surface area contributed by atoms with E-state index in [1.165, 1.54) is 0 Å². The normalized spacial score (nSPS) is 18.6. The van der Waals surface area contributed by atoms with Crippen molar-refractivity contribution in [3.63, 3.8) is 0 Å². The molecule has 1 aromatic carbocycles. The summed E-state index contributed by atoms with van der Waals surface area (Å²) in [6.07, 6.45) is 2.58. The molecule has 5 nitrogen and oxygen atoms in total. The highest BCUT2D eigenvalue weighted by molar-refractivity contribution is 9.10. The number of aliphatic imine (C=N–C) groups is 1. The average molecular weight is 356 g/mol. The second kappa shape index (κ2) is 8.89. The maximum atomic E-state index is 5.66. The maximum absolute atomic E-state index is 5.66. The number of hydrogen-bond acceptors (Lipinski definition) is 3. The predicted octanol–water partition coefficient (Wildman–Crippen LogP) is 2.17. The van der Waals surface area contributed by atoms with Gasteiger partial charge < -0.3 is 20.1 Å². The number of nitrogens with one attached hydrogen (secondary N) is 2. The second-order valence-corrected chi connectivity index (χ2v) is 5.74. The predicted molar refractivity (Wildman–Crippen MR) is 88.0 cm³/mol. The van der Waals surface area contributed by atoms with Crippen LogP contribution < -0.4 is 15.4 Å². The zero-order chi connectivity index (χ0) is 14.9. The van der Waals surface area contributed by atoms with Crippen molar-refractivity contribution >= 4 is 21.9 Å². The Morgan fingerprint density at radius 1 is 1.48 bits per heavy atom. The van der Waals surface area contributed by atoms with E-state index in [1.807, 2.05) is 24.3 Å². The minimum Gasteiger partial charge on any atom is -0.492 e. The lowest BCUT2D eigenvalue weighted by Gasteiger charge is -2.15. The van der Waals surface area contributed by atoms with Crippen LogP contribution in [0.4, 0.5) is 0 Å². The standard InChI is InChI=1S/C15H22BrN3O2/c1-17-15(19-11-14-6-3-8-20-14)18-7-9-21-13-5-2-4-12(16)10-13/h2,4-5,10,14H,3,6-9,11H2,1H3,(H2,17,18,19). The molecule has 2 rings (SSSR count). The van der Waals surface area contributed by atoms with E-state index in [2.05, 4.69) is 31.6 Å². The number of rotatable bonds is 6. The van der Waals surface area contributed by atoms with E-state index < -0.39 is 0 Å². The van der Waals surface area contributed by atoms with Crippen LogP contribution in [0.15, 0.2) is 33.7 Å². The average Bonchev–Trinajstić information content (AvgIpc) is 3.00. The molecule has 0 aromatic heterocycles. The summed E-state index contributed by atoms with van der Waals surface area (Å²) in [6, 6.07) is 7.82. The van der Waals surface area contributed by atoms with Crippen LogP contribution in [0.2, 0.25) is 0 Å². The number of hydrogen-bond donors (Lipinski definition) is 2. The number of halogens is 1. The van der Waals surface area contributed by atoms with Gasteiger partial charge in [0.2, 0.25) is 0 Å². The molecule has 2 N–H and O–H groups in total. The molecule has 1 unspecified atom stereocenters. The molecule has 1 saturated heterocycles. The fourth-order valence-corrected chi connectivity index (χ4v) is 2.51. The van der Waals surface area contributed by atoms with Crippen LogP contribution in [0.5, 0.6) is 5.75 Å². The number of benzene rings is 1. The quantitative estimate of drug-likeness (QED) is 0.466. The van der Waals surface area contributed by atoms with Crippen LogP contribution in [0.3, 0.4) is 0 Å². The van der Waals surface area contributed by atoms with Gasteiger partial charge in [0, 0.05) is 24.7 Å². The Morgan fingerprint density at radius 3 is 3.10 bits per heavy atom. The molecule has 1 fully saturated rings. The molecular formula is C15H22BrN3O2. The first-order valence-electron chi connectivity index (χ1n) is 7.22. The molecule has 6 heteroatoms. The van der Waals surface area contributed by atoms with Crippen LogP contribution in [-0.4, -0.2) is 45.4 Å². The molecular weight excluding hydrogens is 334 g/mol. The van der Waals surface area contributed by atoms with Crippen molar-refractivity contribution in [3.05, 3.63) is 28.7 Å². The van der Waals surface area contributed by atoms with Crippen molar-refractivity contribution < 1.29 is 9.47 Å². The number of nitrogens with zero attached hydrogens (tertiary/aromatic N) is 1. The van der Waals surface area contributed by atoms with E-state index in [1.54, 1.807) is 7.05 Å². The van der Waals surface area contributed by atoms with Crippen molar-refractivity contribution in [2.75, 3.05) is 33.4 Å². The third-order valence-corrected chi connectivity index (χ3v) is 3.70. The monoisotopic (exact) mass is 355 g/mol. The van der Waals surface area contributed by atoms with Gasteiger partial charge in [0.1, 0.15) is 12.4 Å². The van der Waals surface area contributed by atoms with Crippen molar-refractivity contribution in [1.29, 1.82) is 0 Å². The van der Waals surface area contributed by atoms with E-state index in [4.69, 9.17) is 9.47 Å². The van der Waals surface area contributed by atoms with Crippen LogP contribution in [-0.2, 0) is 4.74 Å². The van der Waals surface area contributed by atoms with Crippen LogP contribution in [0.25, 0.3) is 0 Å². The molecule has 0 bridgehead atoms. The summed E-state index contributed by atoms with van der Waals surface area (Å²) in [7, 11) is 1.76. The molecule has 0 aliphatic carbocycles. The van der Waals surface area contributed by atoms with Gasteiger partial charge in [0.15, 0.2) is 5.96 Å². The van der Waals surface area contributed by atoms with Gasteiger partial charge in [0.25, 0.3) is 0 Å². The van der Waals surface area contributed by atoms with Crippen LogP contribution in [0.1, 0.15) is 12.8 Å². The lowest BCUT2D eigenvalue weighted by Crippen LogP contribution is -2.42. The summed E-state index contributed by atoms with van der Waals surface area (Å²) in [5.74, 6) is 1.64. The number of guanidine groups is 1. The molecule has 0 saturated carbocycles. The topological polar surface area (TPSA) is 54.9 Å². The van der Waals surface area contributed by atoms with E-state index in [0.29, 0.717) is 19.3 Å². The molecule has 1 aromatic rings. The third-order valence-electron chi connectivity index (χ3n) is 3.20. The summed E-state index contributed by atoms with van der Waals surface area (Å²) in [4.78, 5) is 4.18. The molecule has 0 amide bonds. The molecule has 1 atom stereocenters. The Kier molecular flexibility index (Phi) is 6.82. The fourth-order valence-electron chi connectivity index (χ4n) is 2.13. The summed E-state index contributed by atoms with van der Waals surface area (Å²) in [5.41, 5.74) is 0. The fraction of sp³-hybridized carbons (Fsp3) is 0.533. The zero-order valence-electron chi connectivity index (χ0n) is 12.3. The zero-order valence-corrected chi connectivity index (χ0v) is 13.9. The summed E-state index contributed by atoms with van der Waals surface area (Å²) in [6.45, 7) is 2.94. The SMILES string of the molecule is CN=C(NCCOc1cccc(Br)c1)NCC1CCCO1. The van der Waals surface area contributed by atoms with Gasteiger partial charge in [-0.1, -0.05) is 22.0 Å². The Morgan fingerprint density at radius 2 is 2.38 bits per heavy atom. The Labute approximate surface area is 134 Å². The van der Waals surface area contributed by atoms with Gasteiger partial charge in [0.05, 0.1) is 12.6 Å². The Bertz CT molecular complexity index is 462. The van der Waals surface area contributed by atoms with Crippen molar-refractivity contribution in [2.45, 2.75) is 18.9 Å². The van der Waals surface area contributed by atoms with Gasteiger partial charge in [-0.2, -0.15) is 0 Å². The first kappa shape index (κ1) is 16.1. The molecule has 1 heterocycles. The van der Waals surface area contributed by atoms with Gasteiger partial charge in [-0.3, -0.25) is 4.99 Å².